The Balaban J connectivity index is 2.22. The lowest BCUT2D eigenvalue weighted by molar-refractivity contribution is 0.0972. The molecule has 0 saturated carbocycles. The highest BCUT2D eigenvalue weighted by Gasteiger charge is 2.24. The molecule has 0 amide bonds. The van der Waals surface area contributed by atoms with Crippen LogP contribution in [0.3, 0.4) is 0 Å². The summed E-state index contributed by atoms with van der Waals surface area (Å²) in [4.78, 5) is 12.0. The molecule has 0 atom stereocenters. The maximum Gasteiger partial charge on any atom is 0.164 e. The summed E-state index contributed by atoms with van der Waals surface area (Å²) in [7, 11) is 1.63. The zero-order chi connectivity index (χ0) is 14.3. The first kappa shape index (κ1) is 13.3. The van der Waals surface area contributed by atoms with Crippen LogP contribution in [0, 0.1) is 6.92 Å². The van der Waals surface area contributed by atoms with E-state index in [0.717, 1.165) is 41.2 Å². The predicted molar refractivity (Wildman–Crippen MR) is 79.3 cm³/mol. The van der Waals surface area contributed by atoms with E-state index in [1.807, 2.05) is 31.2 Å². The minimum absolute atomic E-state index is 0.229. The Morgan fingerprint density at radius 2 is 2.05 bits per heavy atom. The minimum Gasteiger partial charge on any atom is -0.497 e. The molecular weight excluding hydrogens is 274 g/mol. The number of carbonyl (C=O) groups excluding carboxylic acids is 1. The number of hydrogen-bond donors (Lipinski definition) is 0. The molecule has 0 spiro atoms. The molecule has 1 aliphatic rings. The molecule has 0 N–H and O–H groups in total. The molecule has 0 radical (unpaired) electrons. The number of nitrogens with zero attached hydrogens (tertiary/aromatic N) is 1. The molecule has 1 aromatic heterocycles. The van der Waals surface area contributed by atoms with Crippen molar-refractivity contribution in [3.8, 4) is 11.4 Å². The highest BCUT2D eigenvalue weighted by atomic mass is 35.5. The van der Waals surface area contributed by atoms with E-state index in [1.165, 1.54) is 0 Å². The average Bonchev–Trinajstić information content (AvgIpc) is 2.77. The van der Waals surface area contributed by atoms with Crippen molar-refractivity contribution in [2.75, 3.05) is 7.11 Å². The number of aromatic nitrogens is 1. The highest BCUT2D eigenvalue weighted by molar-refractivity contribution is 6.32. The summed E-state index contributed by atoms with van der Waals surface area (Å²) in [5.74, 6) is 0.987. The molecule has 0 bridgehead atoms. The van der Waals surface area contributed by atoms with Crippen molar-refractivity contribution < 1.29 is 9.53 Å². The van der Waals surface area contributed by atoms with Crippen LogP contribution < -0.4 is 4.74 Å². The van der Waals surface area contributed by atoms with Gasteiger partial charge in [-0.1, -0.05) is 11.6 Å². The largest absolute Gasteiger partial charge is 0.497 e. The Hall–Kier alpha value is -1.74. The van der Waals surface area contributed by atoms with Gasteiger partial charge in [0.1, 0.15) is 5.75 Å². The van der Waals surface area contributed by atoms with Gasteiger partial charge in [0.25, 0.3) is 0 Å². The lowest BCUT2D eigenvalue weighted by Gasteiger charge is -2.17. The highest BCUT2D eigenvalue weighted by Crippen LogP contribution is 2.32. The summed E-state index contributed by atoms with van der Waals surface area (Å²) < 4.78 is 7.35. The minimum atomic E-state index is 0.229. The Labute approximate surface area is 123 Å². The molecule has 2 aromatic rings. The van der Waals surface area contributed by atoms with Gasteiger partial charge >= 0.3 is 0 Å². The van der Waals surface area contributed by atoms with Gasteiger partial charge in [0.15, 0.2) is 5.78 Å². The summed E-state index contributed by atoms with van der Waals surface area (Å²) in [6, 6.07) is 7.54. The molecule has 0 saturated heterocycles. The molecule has 1 aliphatic carbocycles. The number of ether oxygens (including phenoxy) is 1. The van der Waals surface area contributed by atoms with Gasteiger partial charge in [-0.05, 0) is 38.0 Å². The molecule has 1 heterocycles. The van der Waals surface area contributed by atoms with E-state index >= 15 is 0 Å². The number of carbonyl (C=O) groups is 1. The quantitative estimate of drug-likeness (QED) is 0.838. The summed E-state index contributed by atoms with van der Waals surface area (Å²) in [5.41, 5.74) is 3.81. The maximum absolute atomic E-state index is 12.0. The number of methoxy groups -OCH3 is 1. The smallest absolute Gasteiger partial charge is 0.164 e. The van der Waals surface area contributed by atoms with Crippen LogP contribution in [0.15, 0.2) is 24.3 Å². The second kappa shape index (κ2) is 4.98. The molecule has 0 unspecified atom stereocenters. The third-order valence-electron chi connectivity index (χ3n) is 3.80. The zero-order valence-corrected chi connectivity index (χ0v) is 12.3. The maximum atomic E-state index is 12.0. The number of benzene rings is 1. The van der Waals surface area contributed by atoms with Crippen molar-refractivity contribution in [1.82, 2.24) is 4.57 Å². The van der Waals surface area contributed by atoms with Crippen molar-refractivity contribution >= 4 is 17.4 Å². The summed E-state index contributed by atoms with van der Waals surface area (Å²) in [6.45, 7) is 2.00. The van der Waals surface area contributed by atoms with Crippen molar-refractivity contribution in [2.45, 2.75) is 26.2 Å². The van der Waals surface area contributed by atoms with Crippen LogP contribution in [0.5, 0.6) is 5.75 Å². The van der Waals surface area contributed by atoms with Crippen molar-refractivity contribution in [3.05, 3.63) is 46.2 Å². The van der Waals surface area contributed by atoms with E-state index < -0.39 is 0 Å². The number of aryl methyl sites for hydroxylation is 1. The normalized spacial score (nSPS) is 14.2. The predicted octanol–water partition coefficient (Wildman–Crippen LogP) is 3.97. The van der Waals surface area contributed by atoms with Crippen molar-refractivity contribution in [2.24, 2.45) is 0 Å². The average molecular weight is 290 g/mol. The zero-order valence-electron chi connectivity index (χ0n) is 11.6. The van der Waals surface area contributed by atoms with E-state index in [4.69, 9.17) is 16.3 Å². The first-order valence-corrected chi connectivity index (χ1v) is 7.08. The van der Waals surface area contributed by atoms with Crippen LogP contribution in [0.2, 0.25) is 5.02 Å². The number of rotatable bonds is 2. The third kappa shape index (κ3) is 2.02. The second-order valence-electron chi connectivity index (χ2n) is 5.08. The molecular formula is C16H16ClNO2. The number of ketones is 1. The molecule has 3 nitrogen and oxygen atoms in total. The SMILES string of the molecule is COc1ccc(Cl)c(-n2c(C)cc3c2CCCC3=O)c1. The first-order chi connectivity index (χ1) is 9.61. The Bertz CT molecular complexity index is 688. The van der Waals surface area contributed by atoms with E-state index in [2.05, 4.69) is 4.57 Å². The van der Waals surface area contributed by atoms with Crippen LogP contribution in [0.4, 0.5) is 0 Å². The molecule has 20 heavy (non-hydrogen) atoms. The molecule has 0 fully saturated rings. The number of fused-ring (bicyclic) bond motifs is 1. The summed E-state index contributed by atoms with van der Waals surface area (Å²) >= 11 is 6.33. The fourth-order valence-corrected chi connectivity index (χ4v) is 3.06. The van der Waals surface area contributed by atoms with Crippen LogP contribution >= 0.6 is 11.6 Å². The Morgan fingerprint density at radius 3 is 2.80 bits per heavy atom. The van der Waals surface area contributed by atoms with Gasteiger partial charge in [-0.3, -0.25) is 4.79 Å². The van der Waals surface area contributed by atoms with Gasteiger partial charge in [-0.2, -0.15) is 0 Å². The topological polar surface area (TPSA) is 31.2 Å². The lowest BCUT2D eigenvalue weighted by Crippen LogP contribution is -2.13. The van der Waals surface area contributed by atoms with Crippen LogP contribution in [0.25, 0.3) is 5.69 Å². The third-order valence-corrected chi connectivity index (χ3v) is 4.12. The number of hydrogen-bond acceptors (Lipinski definition) is 2. The number of halogens is 1. The van der Waals surface area contributed by atoms with E-state index in [0.29, 0.717) is 11.4 Å². The van der Waals surface area contributed by atoms with E-state index in [-0.39, 0.29) is 5.78 Å². The Morgan fingerprint density at radius 1 is 1.25 bits per heavy atom. The van der Waals surface area contributed by atoms with Crippen molar-refractivity contribution in [3.63, 3.8) is 0 Å². The Kier molecular flexibility index (Phi) is 3.30. The molecule has 3 rings (SSSR count). The van der Waals surface area contributed by atoms with Gasteiger partial charge in [0, 0.05) is 29.4 Å². The van der Waals surface area contributed by atoms with Crippen LogP contribution in [0.1, 0.15) is 34.6 Å². The van der Waals surface area contributed by atoms with E-state index in [9.17, 15) is 4.79 Å². The molecule has 4 heteroatoms. The van der Waals surface area contributed by atoms with Gasteiger partial charge < -0.3 is 9.30 Å². The summed E-state index contributed by atoms with van der Waals surface area (Å²) in [5, 5.41) is 0.658. The molecule has 1 aromatic carbocycles. The fourth-order valence-electron chi connectivity index (χ4n) is 2.86. The first-order valence-electron chi connectivity index (χ1n) is 6.70. The van der Waals surface area contributed by atoms with Gasteiger partial charge in [0.2, 0.25) is 0 Å². The number of Topliss-reactive ketones (excluding diaryl/α,β-unsaturated/α-hetero) is 1. The standard InChI is InChI=1S/C16H16ClNO2/c1-10-8-12-14(4-3-5-16(12)19)18(10)15-9-11(20-2)6-7-13(15)17/h6-9H,3-5H2,1-2H3. The van der Waals surface area contributed by atoms with E-state index in [1.54, 1.807) is 7.11 Å². The van der Waals surface area contributed by atoms with Crippen LogP contribution in [-0.4, -0.2) is 17.5 Å². The van der Waals surface area contributed by atoms with Gasteiger partial charge in [-0.15, -0.1) is 0 Å². The van der Waals surface area contributed by atoms with Gasteiger partial charge in [-0.25, -0.2) is 0 Å². The summed E-state index contributed by atoms with van der Waals surface area (Å²) in [6.07, 6.45) is 2.45. The van der Waals surface area contributed by atoms with Crippen molar-refractivity contribution in [1.29, 1.82) is 0 Å². The second-order valence-corrected chi connectivity index (χ2v) is 5.48. The fraction of sp³-hybridized carbons (Fsp3) is 0.312. The monoisotopic (exact) mass is 289 g/mol. The lowest BCUT2D eigenvalue weighted by atomic mass is 9.96. The molecule has 0 aliphatic heterocycles. The molecule has 104 valence electrons. The van der Waals surface area contributed by atoms with Crippen LogP contribution in [-0.2, 0) is 6.42 Å². The van der Waals surface area contributed by atoms with Gasteiger partial charge in [0.05, 0.1) is 17.8 Å².